The van der Waals surface area contributed by atoms with E-state index < -0.39 is 0 Å². The Labute approximate surface area is 197 Å². The number of aryl methyl sites for hydroxylation is 3. The van der Waals surface area contributed by atoms with Crippen LogP contribution in [0, 0.1) is 26.8 Å². The molecule has 0 heterocycles. The molecule has 0 saturated carbocycles. The van der Waals surface area contributed by atoms with Gasteiger partial charge in [-0.3, -0.25) is 6.08 Å². The molecule has 0 radical (unpaired) electrons. The van der Waals surface area contributed by atoms with Crippen LogP contribution >= 0.6 is 0 Å². The van der Waals surface area contributed by atoms with Crippen molar-refractivity contribution < 1.29 is 58.9 Å². The second kappa shape index (κ2) is 14.5. The summed E-state index contributed by atoms with van der Waals surface area (Å²) in [4.78, 5) is 0. The second-order valence-electron chi connectivity index (χ2n) is 7.01. The molecular formula is C21H31Cl3SiTi. The molecule has 0 bridgehead atoms. The molecule has 0 nitrogen and oxygen atoms in total. The maximum atomic E-state index is 3.80. The van der Waals surface area contributed by atoms with E-state index in [0.717, 1.165) is 0 Å². The average Bonchev–Trinajstić information content (AvgIpc) is 2.70. The number of halogens is 3. The van der Waals surface area contributed by atoms with Gasteiger partial charge in [0.05, 0.1) is 0 Å². The van der Waals surface area contributed by atoms with Crippen LogP contribution in [0.5, 0.6) is 0 Å². The van der Waals surface area contributed by atoms with E-state index in [-0.39, 0.29) is 68.5 Å². The molecule has 144 valence electrons. The summed E-state index contributed by atoms with van der Waals surface area (Å²) < 4.78 is 0. The minimum atomic E-state index is -0.344. The van der Waals surface area contributed by atoms with Crippen LogP contribution in [0.1, 0.15) is 63.1 Å². The van der Waals surface area contributed by atoms with Crippen molar-refractivity contribution >= 4 is 14.7 Å². The SMILES string of the molecule is CCCCCC1=C(C)C(C)=[C-]C1[SiH2]c1c(C)cc(C)cc1C.[Cl-].[Cl-].[Cl-].[Ti+4]. The van der Waals surface area contributed by atoms with E-state index in [4.69, 9.17) is 0 Å². The van der Waals surface area contributed by atoms with Gasteiger partial charge in [0.2, 0.25) is 0 Å². The largest absolute Gasteiger partial charge is 4.00 e. The molecular weight excluding hydrogens is 435 g/mol. The number of rotatable bonds is 6. The number of unbranched alkanes of at least 4 members (excludes halogenated alkanes) is 2. The molecule has 1 aliphatic carbocycles. The van der Waals surface area contributed by atoms with Crippen molar-refractivity contribution in [2.24, 2.45) is 0 Å². The van der Waals surface area contributed by atoms with Gasteiger partial charge in [0.15, 0.2) is 0 Å². The van der Waals surface area contributed by atoms with E-state index in [2.05, 4.69) is 59.8 Å². The van der Waals surface area contributed by atoms with Gasteiger partial charge in [-0.15, -0.1) is 6.92 Å². The van der Waals surface area contributed by atoms with Gasteiger partial charge in [-0.25, -0.2) is 5.57 Å². The molecule has 0 saturated heterocycles. The third-order valence-corrected chi connectivity index (χ3v) is 7.78. The Morgan fingerprint density at radius 3 is 1.96 bits per heavy atom. The summed E-state index contributed by atoms with van der Waals surface area (Å²) in [5.41, 5.74) is 9.68. The van der Waals surface area contributed by atoms with Gasteiger partial charge < -0.3 is 37.2 Å². The molecule has 1 atom stereocenters. The molecule has 0 fully saturated rings. The molecule has 1 aliphatic rings. The van der Waals surface area contributed by atoms with Gasteiger partial charge in [-0.1, -0.05) is 72.7 Å². The normalized spacial score (nSPS) is 15.8. The van der Waals surface area contributed by atoms with Crippen LogP contribution in [0.2, 0.25) is 5.54 Å². The summed E-state index contributed by atoms with van der Waals surface area (Å²) in [5, 5.41) is 1.67. The Morgan fingerprint density at radius 2 is 1.46 bits per heavy atom. The summed E-state index contributed by atoms with van der Waals surface area (Å²) in [5.74, 6) is 0. The van der Waals surface area contributed by atoms with E-state index >= 15 is 0 Å². The topological polar surface area (TPSA) is 0 Å². The van der Waals surface area contributed by atoms with E-state index in [1.165, 1.54) is 53.5 Å². The molecule has 0 amide bonds. The van der Waals surface area contributed by atoms with E-state index in [0.29, 0.717) is 5.54 Å². The molecule has 5 heteroatoms. The van der Waals surface area contributed by atoms with Crippen molar-refractivity contribution in [1.29, 1.82) is 0 Å². The van der Waals surface area contributed by atoms with Gasteiger partial charge in [0.1, 0.15) is 0 Å². The van der Waals surface area contributed by atoms with Crippen LogP contribution in [0.4, 0.5) is 0 Å². The van der Waals surface area contributed by atoms with Crippen LogP contribution in [0.3, 0.4) is 0 Å². The number of allylic oxidation sites excluding steroid dienone is 4. The molecule has 0 spiro atoms. The Bertz CT molecular complexity index is 601. The van der Waals surface area contributed by atoms with Gasteiger partial charge in [0, 0.05) is 9.52 Å². The quantitative estimate of drug-likeness (QED) is 0.227. The fourth-order valence-corrected chi connectivity index (χ4v) is 6.22. The van der Waals surface area contributed by atoms with Crippen molar-refractivity contribution in [2.75, 3.05) is 0 Å². The smallest absolute Gasteiger partial charge is 1.00 e. The van der Waals surface area contributed by atoms with Crippen molar-refractivity contribution in [1.82, 2.24) is 0 Å². The predicted octanol–water partition coefficient (Wildman–Crippen LogP) is -4.14. The minimum absolute atomic E-state index is 0. The Morgan fingerprint density at radius 1 is 0.923 bits per heavy atom. The first kappa shape index (κ1) is 31.2. The second-order valence-corrected chi connectivity index (χ2v) is 8.94. The van der Waals surface area contributed by atoms with Gasteiger partial charge in [-0.2, -0.15) is 11.1 Å². The Kier molecular flexibility index (Phi) is 17.4. The Balaban J connectivity index is -0.00000132. The fourth-order valence-electron chi connectivity index (χ4n) is 3.80. The van der Waals surface area contributed by atoms with Crippen molar-refractivity contribution in [2.45, 2.75) is 72.8 Å². The van der Waals surface area contributed by atoms with E-state index in [9.17, 15) is 0 Å². The summed E-state index contributed by atoms with van der Waals surface area (Å²) in [7, 11) is -0.344. The molecule has 0 N–H and O–H groups in total. The summed E-state index contributed by atoms with van der Waals surface area (Å²) in [6.45, 7) is 13.6. The average molecular weight is 466 g/mol. The van der Waals surface area contributed by atoms with Crippen LogP contribution in [0.25, 0.3) is 0 Å². The van der Waals surface area contributed by atoms with Crippen LogP contribution in [-0.4, -0.2) is 9.52 Å². The van der Waals surface area contributed by atoms with E-state index in [1.54, 1.807) is 10.8 Å². The fraction of sp³-hybridized carbons (Fsp3) is 0.524. The zero-order chi connectivity index (χ0) is 16.3. The molecule has 1 aromatic carbocycles. The van der Waals surface area contributed by atoms with Gasteiger partial charge in [-0.05, 0) is 27.2 Å². The van der Waals surface area contributed by atoms with Crippen LogP contribution < -0.4 is 42.4 Å². The van der Waals surface area contributed by atoms with Crippen molar-refractivity contribution in [3.05, 3.63) is 51.6 Å². The zero-order valence-corrected chi connectivity index (χ0v) is 22.1. The number of hydrogen-bond donors (Lipinski definition) is 0. The van der Waals surface area contributed by atoms with Crippen molar-refractivity contribution in [3.63, 3.8) is 0 Å². The summed E-state index contributed by atoms with van der Waals surface area (Å²) in [6, 6.07) is 4.71. The minimum Gasteiger partial charge on any atom is -1.00 e. The number of hydrogen-bond acceptors (Lipinski definition) is 0. The molecule has 26 heavy (non-hydrogen) atoms. The monoisotopic (exact) mass is 464 g/mol. The first-order valence-corrected chi connectivity index (χ1v) is 10.3. The number of benzene rings is 1. The van der Waals surface area contributed by atoms with Crippen LogP contribution in [0.15, 0.2) is 28.9 Å². The van der Waals surface area contributed by atoms with Crippen LogP contribution in [-0.2, 0) is 21.7 Å². The maximum Gasteiger partial charge on any atom is 4.00 e. The van der Waals surface area contributed by atoms with Gasteiger partial charge in [0.25, 0.3) is 0 Å². The molecule has 0 aliphatic heterocycles. The first-order chi connectivity index (χ1) is 10.4. The Hall–Kier alpha value is 0.501. The van der Waals surface area contributed by atoms with Crippen molar-refractivity contribution in [3.8, 4) is 0 Å². The van der Waals surface area contributed by atoms with E-state index in [1.807, 2.05) is 0 Å². The molecule has 2 rings (SSSR count). The third kappa shape index (κ3) is 7.86. The molecule has 0 aromatic heterocycles. The third-order valence-electron chi connectivity index (χ3n) is 5.15. The standard InChI is InChI=1S/C21H31Si.3ClH.Ti/c1-7-8-9-10-19-18(6)15(3)13-20(19)22-21-16(4)11-14(2)12-17(21)5;;;;/h11-12,20H,7-10,22H2,1-6H3;3*1H;/q-1;;;;+4/p-3. The maximum absolute atomic E-state index is 3.80. The molecule has 1 unspecified atom stereocenters. The molecule has 1 aromatic rings. The first-order valence-electron chi connectivity index (χ1n) is 8.80. The summed E-state index contributed by atoms with van der Waals surface area (Å²) >= 11 is 0. The predicted molar refractivity (Wildman–Crippen MR) is 102 cm³/mol. The summed E-state index contributed by atoms with van der Waals surface area (Å²) in [6.07, 6.45) is 9.09. The zero-order valence-electron chi connectivity index (χ0n) is 16.9. The van der Waals surface area contributed by atoms with Gasteiger partial charge >= 0.3 is 21.7 Å².